The fourth-order valence-corrected chi connectivity index (χ4v) is 2.98. The van der Waals surface area contributed by atoms with E-state index in [2.05, 4.69) is 25.1 Å². The summed E-state index contributed by atoms with van der Waals surface area (Å²) in [5, 5.41) is 4.44. The second-order valence-corrected chi connectivity index (χ2v) is 7.32. The maximum Gasteiger partial charge on any atom is 0.507 e. The van der Waals surface area contributed by atoms with Crippen LogP contribution in [0.1, 0.15) is 16.1 Å². The van der Waals surface area contributed by atoms with Crippen molar-refractivity contribution >= 4 is 23.3 Å². The number of benzene rings is 2. The smallest absolute Gasteiger partial charge is 0.489 e. The lowest BCUT2D eigenvalue weighted by Gasteiger charge is -2.31. The van der Waals surface area contributed by atoms with Gasteiger partial charge < -0.3 is 30.6 Å². The van der Waals surface area contributed by atoms with Gasteiger partial charge in [-0.2, -0.15) is 17.6 Å². The normalized spacial score (nSPS) is 15.0. The van der Waals surface area contributed by atoms with Crippen molar-refractivity contribution in [3.63, 3.8) is 0 Å². The van der Waals surface area contributed by atoms with Gasteiger partial charge in [0, 0.05) is 24.0 Å². The number of urea groups is 1. The molecule has 2 aromatic carbocycles. The first-order valence-electron chi connectivity index (χ1n) is 9.96. The Morgan fingerprint density at radius 1 is 0.944 bits per heavy atom. The van der Waals surface area contributed by atoms with Gasteiger partial charge >= 0.3 is 18.2 Å². The molecule has 0 bridgehead atoms. The molecule has 36 heavy (non-hydrogen) atoms. The minimum atomic E-state index is -4.92. The summed E-state index contributed by atoms with van der Waals surface area (Å²) in [6.45, 7) is -0.0232. The molecule has 14 heteroatoms. The van der Waals surface area contributed by atoms with Crippen LogP contribution in [0.25, 0.3) is 0 Å². The highest BCUT2D eigenvalue weighted by Crippen LogP contribution is 2.47. The topological polar surface area (TPSA) is 125 Å². The van der Waals surface area contributed by atoms with E-state index in [1.807, 2.05) is 0 Å². The number of hydrogen-bond acceptors (Lipinski definition) is 6. The van der Waals surface area contributed by atoms with Crippen LogP contribution >= 0.6 is 0 Å². The SMILES string of the molecule is NC(=O)c1cc(COc2ccc(NC(=O)Nc3ccc4c(c3)OC(F)(F)C(F)(F)O4)c(F)c2)ccn1. The van der Waals surface area contributed by atoms with Crippen LogP contribution in [0.4, 0.5) is 38.1 Å². The molecule has 3 amide bonds. The molecule has 9 nitrogen and oxygen atoms in total. The third-order valence-electron chi connectivity index (χ3n) is 4.69. The Bertz CT molecular complexity index is 1340. The Labute approximate surface area is 199 Å². The largest absolute Gasteiger partial charge is 0.507 e. The molecule has 188 valence electrons. The molecule has 4 N–H and O–H groups in total. The van der Waals surface area contributed by atoms with Crippen LogP contribution in [-0.2, 0) is 6.61 Å². The monoisotopic (exact) mass is 510 g/mol. The van der Waals surface area contributed by atoms with Gasteiger partial charge in [0.25, 0.3) is 5.91 Å². The first kappa shape index (κ1) is 24.5. The summed E-state index contributed by atoms with van der Waals surface area (Å²) in [7, 11) is 0. The summed E-state index contributed by atoms with van der Waals surface area (Å²) < 4.78 is 81.0. The second kappa shape index (κ2) is 9.20. The Kier molecular flexibility index (Phi) is 6.26. The van der Waals surface area contributed by atoms with Crippen LogP contribution in [0.2, 0.25) is 0 Å². The lowest BCUT2D eigenvalue weighted by Crippen LogP contribution is -2.52. The van der Waals surface area contributed by atoms with E-state index in [1.54, 1.807) is 6.07 Å². The number of fused-ring (bicyclic) bond motifs is 1. The zero-order chi connectivity index (χ0) is 26.1. The van der Waals surface area contributed by atoms with Crippen LogP contribution in [0.3, 0.4) is 0 Å². The van der Waals surface area contributed by atoms with Crippen molar-refractivity contribution in [1.29, 1.82) is 0 Å². The van der Waals surface area contributed by atoms with E-state index in [1.165, 1.54) is 24.4 Å². The summed E-state index contributed by atoms with van der Waals surface area (Å²) >= 11 is 0. The molecule has 0 radical (unpaired) electrons. The van der Waals surface area contributed by atoms with Crippen LogP contribution in [-0.4, -0.2) is 29.1 Å². The summed E-state index contributed by atoms with van der Waals surface area (Å²) in [6, 6.07) is 8.43. The highest BCUT2D eigenvalue weighted by Gasteiger charge is 2.65. The van der Waals surface area contributed by atoms with Gasteiger partial charge in [0.1, 0.15) is 23.9 Å². The van der Waals surface area contributed by atoms with Crippen LogP contribution in [0.5, 0.6) is 17.2 Å². The zero-order valence-electron chi connectivity index (χ0n) is 17.9. The summed E-state index contributed by atoms with van der Waals surface area (Å²) in [5.41, 5.74) is 5.39. The number of rotatable bonds is 6. The number of hydrogen-bond donors (Lipinski definition) is 3. The van der Waals surface area contributed by atoms with Crippen LogP contribution < -0.4 is 30.6 Å². The second-order valence-electron chi connectivity index (χ2n) is 7.32. The number of carbonyl (C=O) groups excluding carboxylic acids is 2. The van der Waals surface area contributed by atoms with Gasteiger partial charge in [-0.15, -0.1) is 0 Å². The average Bonchev–Trinajstić information content (AvgIpc) is 2.80. The van der Waals surface area contributed by atoms with Gasteiger partial charge in [0.15, 0.2) is 11.5 Å². The Morgan fingerprint density at radius 3 is 2.36 bits per heavy atom. The first-order valence-corrected chi connectivity index (χ1v) is 9.96. The van der Waals surface area contributed by atoms with Crippen molar-refractivity contribution in [1.82, 2.24) is 4.98 Å². The van der Waals surface area contributed by atoms with E-state index in [4.69, 9.17) is 10.5 Å². The van der Waals surface area contributed by atoms with Gasteiger partial charge in [0.2, 0.25) is 0 Å². The van der Waals surface area contributed by atoms with Crippen molar-refractivity contribution in [3.8, 4) is 17.2 Å². The fraction of sp³-hybridized carbons (Fsp3) is 0.136. The highest BCUT2D eigenvalue weighted by molar-refractivity contribution is 6.00. The number of anilines is 2. The molecule has 0 unspecified atom stereocenters. The molecule has 1 aromatic heterocycles. The van der Waals surface area contributed by atoms with Crippen molar-refractivity contribution in [2.24, 2.45) is 5.73 Å². The fourth-order valence-electron chi connectivity index (χ4n) is 2.98. The van der Waals surface area contributed by atoms with Crippen molar-refractivity contribution in [2.75, 3.05) is 10.6 Å². The molecule has 1 aliphatic rings. The molecule has 0 spiro atoms. The number of nitrogens with two attached hydrogens (primary N) is 1. The number of aromatic nitrogens is 1. The number of carbonyl (C=O) groups is 2. The molecule has 0 saturated carbocycles. The molecule has 3 aromatic rings. The molecule has 0 atom stereocenters. The van der Waals surface area contributed by atoms with Crippen LogP contribution in [0, 0.1) is 5.82 Å². The van der Waals surface area contributed by atoms with Gasteiger partial charge in [-0.05, 0) is 42.0 Å². The number of nitrogens with zero attached hydrogens (tertiary/aromatic N) is 1. The molecule has 0 aliphatic carbocycles. The van der Waals surface area contributed by atoms with E-state index < -0.39 is 41.5 Å². The van der Waals surface area contributed by atoms with Crippen molar-refractivity contribution in [3.05, 3.63) is 71.8 Å². The maximum atomic E-state index is 14.4. The third-order valence-corrected chi connectivity index (χ3v) is 4.69. The summed E-state index contributed by atoms with van der Waals surface area (Å²) in [6.07, 6.45) is -8.42. The molecular weight excluding hydrogens is 495 g/mol. The Balaban J connectivity index is 1.37. The highest BCUT2D eigenvalue weighted by atomic mass is 19.3. The van der Waals surface area contributed by atoms with E-state index in [9.17, 15) is 31.5 Å². The average molecular weight is 510 g/mol. The summed E-state index contributed by atoms with van der Waals surface area (Å²) in [4.78, 5) is 27.2. The number of alkyl halides is 4. The van der Waals surface area contributed by atoms with E-state index in [0.717, 1.165) is 24.3 Å². The van der Waals surface area contributed by atoms with Gasteiger partial charge in [0.05, 0.1) is 5.69 Å². The molecule has 1 aliphatic heterocycles. The molecule has 2 heterocycles. The predicted octanol–water partition coefficient (Wildman–Crippen LogP) is 4.50. The van der Waals surface area contributed by atoms with Crippen LogP contribution in [0.15, 0.2) is 54.7 Å². The number of ether oxygens (including phenoxy) is 3. The van der Waals surface area contributed by atoms with Gasteiger partial charge in [-0.25, -0.2) is 9.18 Å². The minimum absolute atomic E-state index is 0.0232. The van der Waals surface area contributed by atoms with E-state index >= 15 is 0 Å². The number of halogens is 5. The lowest BCUT2D eigenvalue weighted by molar-refractivity contribution is -0.391. The lowest BCUT2D eigenvalue weighted by atomic mass is 10.2. The molecular formula is C22H15F5N4O5. The first-order chi connectivity index (χ1) is 16.9. The standard InChI is InChI=1S/C22H15F5N4O5/c23-14-9-13(34-10-11-5-6-29-16(7-11)19(28)32)2-3-15(14)31-20(33)30-12-1-4-17-18(8-12)36-22(26,27)21(24,25)35-17/h1-9H,10H2,(H2,28,32)(H2,30,31,33). The van der Waals surface area contributed by atoms with E-state index in [-0.39, 0.29) is 29.4 Å². The van der Waals surface area contributed by atoms with Gasteiger partial charge in [-0.1, -0.05) is 0 Å². The van der Waals surface area contributed by atoms with Gasteiger partial charge in [-0.3, -0.25) is 9.78 Å². The number of amides is 3. The Hall–Kier alpha value is -4.62. The quantitative estimate of drug-likeness (QED) is 0.420. The molecule has 0 fully saturated rings. The van der Waals surface area contributed by atoms with E-state index in [0.29, 0.717) is 5.56 Å². The third kappa shape index (κ3) is 5.21. The number of nitrogens with one attached hydrogen (secondary N) is 2. The minimum Gasteiger partial charge on any atom is -0.489 e. The predicted molar refractivity (Wildman–Crippen MR) is 114 cm³/mol. The summed E-state index contributed by atoms with van der Waals surface area (Å²) in [5.74, 6) is -2.85. The molecule has 0 saturated heterocycles. The Morgan fingerprint density at radius 2 is 1.67 bits per heavy atom. The molecule has 4 rings (SSSR count). The van der Waals surface area contributed by atoms with Crippen molar-refractivity contribution in [2.45, 2.75) is 18.8 Å². The number of pyridine rings is 1. The maximum absolute atomic E-state index is 14.4. The van der Waals surface area contributed by atoms with Crippen molar-refractivity contribution < 1.29 is 45.8 Å². The zero-order valence-corrected chi connectivity index (χ0v) is 17.9. The number of primary amides is 1.